The molecule has 0 radical (unpaired) electrons. The van der Waals surface area contributed by atoms with Crippen molar-refractivity contribution in [2.24, 2.45) is 5.92 Å². The Bertz CT molecular complexity index is 611. The zero-order valence-electron chi connectivity index (χ0n) is 11.5. The zero-order valence-corrected chi connectivity index (χ0v) is 11.5. The molecule has 0 amide bonds. The van der Waals surface area contributed by atoms with Crippen LogP contribution in [-0.2, 0) is 0 Å². The molecule has 1 aromatic heterocycles. The summed E-state index contributed by atoms with van der Waals surface area (Å²) in [6.07, 6.45) is 1.83. The lowest BCUT2D eigenvalue weighted by Gasteiger charge is -2.37. The van der Waals surface area contributed by atoms with Crippen LogP contribution in [-0.4, -0.2) is 15.8 Å². The molecule has 2 N–H and O–H groups in total. The van der Waals surface area contributed by atoms with E-state index < -0.39 is 11.7 Å². The summed E-state index contributed by atoms with van der Waals surface area (Å²) in [6, 6.07) is 5.83. The smallest absolute Gasteiger partial charge is 0.140 e. The summed E-state index contributed by atoms with van der Waals surface area (Å²) in [5.74, 6) is 0.541. The number of halogens is 1. The minimum absolute atomic E-state index is 0.308. The largest absolute Gasteiger partial charge is 0.458 e. The fraction of sp³-hybridized carbons (Fsp3) is 0.500. The van der Waals surface area contributed by atoms with Gasteiger partial charge >= 0.3 is 0 Å². The van der Waals surface area contributed by atoms with Crippen molar-refractivity contribution in [3.63, 3.8) is 0 Å². The molecule has 1 heterocycles. The van der Waals surface area contributed by atoms with Gasteiger partial charge < -0.3 is 14.6 Å². The predicted molar refractivity (Wildman–Crippen MR) is 73.7 cm³/mol. The first kappa shape index (κ1) is 13.6. The van der Waals surface area contributed by atoms with Gasteiger partial charge in [0, 0.05) is 5.39 Å². The summed E-state index contributed by atoms with van der Waals surface area (Å²) in [7, 11) is 0. The molecule has 1 fully saturated rings. The molecule has 0 saturated heterocycles. The third kappa shape index (κ3) is 2.34. The molecule has 0 aliphatic heterocycles. The van der Waals surface area contributed by atoms with Gasteiger partial charge in [0.25, 0.3) is 0 Å². The minimum Gasteiger partial charge on any atom is -0.458 e. The Hall–Kier alpha value is -1.39. The fourth-order valence-electron chi connectivity index (χ4n) is 2.97. The van der Waals surface area contributed by atoms with Crippen LogP contribution in [0.3, 0.4) is 0 Å². The Labute approximate surface area is 117 Å². The van der Waals surface area contributed by atoms with Crippen LogP contribution in [0.15, 0.2) is 28.7 Å². The Morgan fingerprint density at radius 3 is 2.70 bits per heavy atom. The van der Waals surface area contributed by atoms with E-state index in [1.54, 1.807) is 6.07 Å². The van der Waals surface area contributed by atoms with Crippen molar-refractivity contribution >= 4 is 11.0 Å². The summed E-state index contributed by atoms with van der Waals surface area (Å²) in [4.78, 5) is 0. The summed E-state index contributed by atoms with van der Waals surface area (Å²) >= 11 is 0. The van der Waals surface area contributed by atoms with Crippen molar-refractivity contribution < 1.29 is 19.0 Å². The average Bonchev–Trinajstić information content (AvgIpc) is 2.84. The monoisotopic (exact) mass is 278 g/mol. The Balaban J connectivity index is 1.90. The molecule has 1 unspecified atom stereocenters. The molecule has 0 spiro atoms. The van der Waals surface area contributed by atoms with E-state index >= 15 is 0 Å². The summed E-state index contributed by atoms with van der Waals surface area (Å²) in [5, 5.41) is 21.6. The van der Waals surface area contributed by atoms with Gasteiger partial charge in [-0.15, -0.1) is 0 Å². The van der Waals surface area contributed by atoms with Crippen LogP contribution in [0.1, 0.15) is 44.5 Å². The first-order valence-electron chi connectivity index (χ1n) is 7.07. The second kappa shape index (κ2) is 4.86. The van der Waals surface area contributed by atoms with Gasteiger partial charge in [0.1, 0.15) is 23.3 Å². The lowest BCUT2D eigenvalue weighted by atomic mass is 9.76. The third-order valence-corrected chi connectivity index (χ3v) is 4.42. The topological polar surface area (TPSA) is 53.6 Å². The number of fused-ring (bicyclic) bond motifs is 1. The van der Waals surface area contributed by atoms with E-state index in [2.05, 4.69) is 6.92 Å². The highest BCUT2D eigenvalue weighted by Gasteiger charge is 2.41. The maximum atomic E-state index is 13.2. The maximum Gasteiger partial charge on any atom is 0.140 e. The molecule has 3 rings (SSSR count). The van der Waals surface area contributed by atoms with Gasteiger partial charge in [-0.05, 0) is 55.9 Å². The molecule has 1 saturated carbocycles. The van der Waals surface area contributed by atoms with Crippen molar-refractivity contribution in [3.8, 4) is 0 Å². The molecular formula is C16H19FO3. The van der Waals surface area contributed by atoms with Gasteiger partial charge in [0.15, 0.2) is 0 Å². The predicted octanol–water partition coefficient (Wildman–Crippen LogP) is 3.55. The summed E-state index contributed by atoms with van der Waals surface area (Å²) in [5.41, 5.74) is -0.618. The van der Waals surface area contributed by atoms with E-state index in [1.165, 1.54) is 18.2 Å². The Morgan fingerprint density at radius 1 is 1.30 bits per heavy atom. The molecule has 3 nitrogen and oxygen atoms in total. The van der Waals surface area contributed by atoms with Crippen LogP contribution >= 0.6 is 0 Å². The van der Waals surface area contributed by atoms with Crippen LogP contribution in [0.4, 0.5) is 4.39 Å². The number of hydrogen-bond acceptors (Lipinski definition) is 3. The molecule has 1 aliphatic rings. The normalized spacial score (nSPS) is 28.7. The first-order valence-corrected chi connectivity index (χ1v) is 7.07. The van der Waals surface area contributed by atoms with Gasteiger partial charge in [0.05, 0.1) is 5.60 Å². The molecule has 1 aromatic carbocycles. The molecule has 0 bridgehead atoms. The Morgan fingerprint density at radius 2 is 2.00 bits per heavy atom. The standard InChI is InChI=1S/C16H19FO3/c1-10-4-6-16(19,7-5-10)15(18)14-9-11-8-12(17)2-3-13(11)20-14/h2-3,8-10,15,18-19H,4-7H2,1H3. The lowest BCUT2D eigenvalue weighted by molar-refractivity contribution is -0.112. The van der Waals surface area contributed by atoms with Crippen molar-refractivity contribution in [2.45, 2.75) is 44.3 Å². The minimum atomic E-state index is -1.14. The fourth-order valence-corrected chi connectivity index (χ4v) is 2.97. The molecule has 2 aromatic rings. The van der Waals surface area contributed by atoms with Crippen LogP contribution in [0.25, 0.3) is 11.0 Å². The van der Waals surface area contributed by atoms with E-state index in [4.69, 9.17) is 4.42 Å². The second-order valence-corrected chi connectivity index (χ2v) is 6.02. The van der Waals surface area contributed by atoms with Crippen LogP contribution < -0.4 is 0 Å². The van der Waals surface area contributed by atoms with Gasteiger partial charge in [-0.25, -0.2) is 4.39 Å². The maximum absolute atomic E-state index is 13.2. The zero-order chi connectivity index (χ0) is 14.3. The molecule has 20 heavy (non-hydrogen) atoms. The van der Waals surface area contributed by atoms with Crippen LogP contribution in [0.2, 0.25) is 0 Å². The first-order chi connectivity index (χ1) is 9.48. The van der Waals surface area contributed by atoms with Crippen molar-refractivity contribution in [1.82, 2.24) is 0 Å². The number of furan rings is 1. The highest BCUT2D eigenvalue weighted by Crippen LogP contribution is 2.41. The lowest BCUT2D eigenvalue weighted by Crippen LogP contribution is -2.39. The third-order valence-electron chi connectivity index (χ3n) is 4.42. The highest BCUT2D eigenvalue weighted by atomic mass is 19.1. The van der Waals surface area contributed by atoms with Gasteiger partial charge in [0.2, 0.25) is 0 Å². The SMILES string of the molecule is CC1CCC(O)(C(O)c2cc3cc(F)ccc3o2)CC1. The molecular weight excluding hydrogens is 259 g/mol. The van der Waals surface area contributed by atoms with Gasteiger partial charge in [-0.3, -0.25) is 0 Å². The highest BCUT2D eigenvalue weighted by molar-refractivity contribution is 5.78. The second-order valence-electron chi connectivity index (χ2n) is 6.02. The van der Waals surface area contributed by atoms with E-state index in [1.807, 2.05) is 0 Å². The molecule has 4 heteroatoms. The van der Waals surface area contributed by atoms with E-state index in [0.717, 1.165) is 12.8 Å². The van der Waals surface area contributed by atoms with Crippen molar-refractivity contribution in [2.75, 3.05) is 0 Å². The van der Waals surface area contributed by atoms with Gasteiger partial charge in [-0.1, -0.05) is 6.92 Å². The number of aliphatic hydroxyl groups excluding tert-OH is 1. The number of rotatable bonds is 2. The number of aliphatic hydroxyl groups is 2. The summed E-state index contributed by atoms with van der Waals surface area (Å²) in [6.45, 7) is 2.15. The number of benzene rings is 1. The molecule has 1 atom stereocenters. The van der Waals surface area contributed by atoms with Crippen LogP contribution in [0.5, 0.6) is 0 Å². The van der Waals surface area contributed by atoms with E-state index in [0.29, 0.717) is 35.5 Å². The Kier molecular flexibility index (Phi) is 3.30. The van der Waals surface area contributed by atoms with Gasteiger partial charge in [-0.2, -0.15) is 0 Å². The molecule has 1 aliphatic carbocycles. The molecule has 108 valence electrons. The quantitative estimate of drug-likeness (QED) is 0.883. The van der Waals surface area contributed by atoms with Crippen molar-refractivity contribution in [1.29, 1.82) is 0 Å². The van der Waals surface area contributed by atoms with Crippen molar-refractivity contribution in [3.05, 3.63) is 35.8 Å². The summed E-state index contributed by atoms with van der Waals surface area (Å²) < 4.78 is 18.7. The average molecular weight is 278 g/mol. The number of hydrogen-bond donors (Lipinski definition) is 2. The van der Waals surface area contributed by atoms with Crippen LogP contribution in [0, 0.1) is 11.7 Å². The van der Waals surface area contributed by atoms with E-state index in [-0.39, 0.29) is 5.82 Å². The van der Waals surface area contributed by atoms with E-state index in [9.17, 15) is 14.6 Å².